The van der Waals surface area contributed by atoms with Crippen molar-refractivity contribution in [2.75, 3.05) is 13.7 Å². The summed E-state index contributed by atoms with van der Waals surface area (Å²) in [4.78, 5) is 18.1. The number of pyridine rings is 1. The van der Waals surface area contributed by atoms with Crippen LogP contribution in [0.2, 0.25) is 0 Å². The van der Waals surface area contributed by atoms with Crippen LogP contribution < -0.4 is 0 Å². The van der Waals surface area contributed by atoms with E-state index in [2.05, 4.69) is 16.8 Å². The first kappa shape index (κ1) is 15.5. The van der Waals surface area contributed by atoms with Crippen molar-refractivity contribution in [3.8, 4) is 11.8 Å². The summed E-state index contributed by atoms with van der Waals surface area (Å²) in [6.45, 7) is -0.230. The lowest BCUT2D eigenvalue weighted by molar-refractivity contribution is 0.0267. The predicted octanol–water partition coefficient (Wildman–Crippen LogP) is 0.801. The third-order valence-electron chi connectivity index (χ3n) is 3.81. The van der Waals surface area contributed by atoms with Gasteiger partial charge in [-0.1, -0.05) is 24.7 Å². The average molecular weight is 288 g/mol. The Hall–Kier alpha value is -1.90. The van der Waals surface area contributed by atoms with Gasteiger partial charge in [0.05, 0.1) is 17.7 Å². The summed E-state index contributed by atoms with van der Waals surface area (Å²) in [7, 11) is 1.72. The van der Waals surface area contributed by atoms with E-state index < -0.39 is 6.10 Å². The quantitative estimate of drug-likeness (QED) is 0.790. The fraction of sp³-hybridized carbons (Fsp3) is 0.500. The van der Waals surface area contributed by atoms with E-state index in [0.29, 0.717) is 11.1 Å². The van der Waals surface area contributed by atoms with E-state index in [-0.39, 0.29) is 18.6 Å². The fourth-order valence-electron chi connectivity index (χ4n) is 2.66. The molecule has 0 saturated heterocycles. The number of hydrogen-bond donors (Lipinski definition) is 2. The van der Waals surface area contributed by atoms with Gasteiger partial charge in [-0.05, 0) is 18.9 Å². The molecule has 1 amide bonds. The molecule has 0 bridgehead atoms. The maximum atomic E-state index is 12.5. The van der Waals surface area contributed by atoms with E-state index in [1.807, 2.05) is 0 Å². The molecule has 21 heavy (non-hydrogen) atoms. The average Bonchev–Trinajstić information content (AvgIpc) is 2.52. The van der Waals surface area contributed by atoms with Gasteiger partial charge >= 0.3 is 0 Å². The van der Waals surface area contributed by atoms with Crippen LogP contribution in [-0.2, 0) is 0 Å². The second-order valence-electron chi connectivity index (χ2n) is 5.26. The van der Waals surface area contributed by atoms with Crippen molar-refractivity contribution in [3.63, 3.8) is 0 Å². The van der Waals surface area contributed by atoms with Crippen LogP contribution in [-0.4, -0.2) is 51.8 Å². The number of hydrogen-bond acceptors (Lipinski definition) is 4. The van der Waals surface area contributed by atoms with Crippen LogP contribution in [0.15, 0.2) is 18.5 Å². The zero-order valence-electron chi connectivity index (χ0n) is 12.1. The third-order valence-corrected chi connectivity index (χ3v) is 3.81. The first-order valence-corrected chi connectivity index (χ1v) is 7.13. The Labute approximate surface area is 124 Å². The van der Waals surface area contributed by atoms with E-state index in [4.69, 9.17) is 5.11 Å². The molecule has 1 aromatic heterocycles. The van der Waals surface area contributed by atoms with E-state index in [0.717, 1.165) is 25.7 Å². The van der Waals surface area contributed by atoms with E-state index in [9.17, 15) is 9.90 Å². The second kappa shape index (κ2) is 7.21. The number of nitrogens with zero attached hydrogens (tertiary/aromatic N) is 2. The summed E-state index contributed by atoms with van der Waals surface area (Å²) in [6.07, 6.45) is 6.18. The molecule has 5 nitrogen and oxygen atoms in total. The molecule has 0 aromatic carbocycles. The molecule has 2 N–H and O–H groups in total. The number of carbonyl (C=O) groups is 1. The van der Waals surface area contributed by atoms with Crippen LogP contribution in [0, 0.1) is 11.8 Å². The summed E-state index contributed by atoms with van der Waals surface area (Å²) in [5.74, 6) is 5.10. The molecule has 1 aliphatic carbocycles. The third kappa shape index (κ3) is 3.81. The minimum Gasteiger partial charge on any atom is -0.391 e. The first-order chi connectivity index (χ1) is 10.1. The van der Waals surface area contributed by atoms with Gasteiger partial charge in [0.15, 0.2) is 0 Å². The number of likely N-dealkylation sites (N-methyl/N-ethyl adjacent to an activating group) is 1. The predicted molar refractivity (Wildman–Crippen MR) is 78.6 cm³/mol. The molecule has 1 aliphatic rings. The number of carbonyl (C=O) groups excluding carboxylic acids is 1. The van der Waals surface area contributed by atoms with Crippen LogP contribution in [0.1, 0.15) is 41.6 Å². The molecule has 1 heterocycles. The lowest BCUT2D eigenvalue weighted by Gasteiger charge is -2.35. The highest BCUT2D eigenvalue weighted by Gasteiger charge is 2.29. The first-order valence-electron chi connectivity index (χ1n) is 7.13. The van der Waals surface area contributed by atoms with E-state index in [1.54, 1.807) is 24.2 Å². The van der Waals surface area contributed by atoms with Gasteiger partial charge in [0.25, 0.3) is 5.91 Å². The Bertz CT molecular complexity index is 562. The molecule has 0 radical (unpaired) electrons. The Morgan fingerprint density at radius 3 is 2.90 bits per heavy atom. The number of amides is 1. The molecule has 0 aliphatic heterocycles. The summed E-state index contributed by atoms with van der Waals surface area (Å²) in [5, 5.41) is 18.7. The molecule has 2 unspecified atom stereocenters. The maximum absolute atomic E-state index is 12.5. The van der Waals surface area contributed by atoms with Gasteiger partial charge in [0.1, 0.15) is 6.61 Å². The van der Waals surface area contributed by atoms with Crippen molar-refractivity contribution in [2.24, 2.45) is 0 Å². The van der Waals surface area contributed by atoms with E-state index in [1.165, 1.54) is 6.20 Å². The molecular formula is C16H20N2O3. The fourth-order valence-corrected chi connectivity index (χ4v) is 2.66. The number of aliphatic hydroxyl groups excluding tert-OH is 2. The number of rotatable bonds is 2. The largest absolute Gasteiger partial charge is 0.391 e. The SMILES string of the molecule is CN(C(=O)c1cncc(C#CCO)c1)C1CCCCC1O. The van der Waals surface area contributed by atoms with Gasteiger partial charge in [-0.15, -0.1) is 0 Å². The smallest absolute Gasteiger partial charge is 0.255 e. The van der Waals surface area contributed by atoms with Crippen molar-refractivity contribution >= 4 is 5.91 Å². The molecule has 1 saturated carbocycles. The van der Waals surface area contributed by atoms with Crippen molar-refractivity contribution in [3.05, 3.63) is 29.6 Å². The van der Waals surface area contributed by atoms with Gasteiger partial charge in [0.2, 0.25) is 0 Å². The highest BCUT2D eigenvalue weighted by molar-refractivity contribution is 5.94. The van der Waals surface area contributed by atoms with Crippen molar-refractivity contribution in [2.45, 2.75) is 37.8 Å². The van der Waals surface area contributed by atoms with Gasteiger partial charge in [-0.25, -0.2) is 0 Å². The molecule has 2 atom stereocenters. The van der Waals surface area contributed by atoms with Crippen LogP contribution in [0.5, 0.6) is 0 Å². The monoisotopic (exact) mass is 288 g/mol. The minimum atomic E-state index is -0.460. The topological polar surface area (TPSA) is 73.7 Å². The Morgan fingerprint density at radius 1 is 1.43 bits per heavy atom. The van der Waals surface area contributed by atoms with Crippen LogP contribution in [0.25, 0.3) is 0 Å². The Kier molecular flexibility index (Phi) is 5.32. The minimum absolute atomic E-state index is 0.140. The van der Waals surface area contributed by atoms with Crippen LogP contribution in [0.4, 0.5) is 0 Å². The molecule has 2 rings (SSSR count). The zero-order valence-corrected chi connectivity index (χ0v) is 12.1. The highest BCUT2D eigenvalue weighted by atomic mass is 16.3. The Balaban J connectivity index is 2.15. The summed E-state index contributed by atoms with van der Waals surface area (Å²) in [5.41, 5.74) is 1.03. The Morgan fingerprint density at radius 2 is 2.19 bits per heavy atom. The molecule has 112 valence electrons. The van der Waals surface area contributed by atoms with E-state index >= 15 is 0 Å². The molecule has 1 aromatic rings. The van der Waals surface area contributed by atoms with Gasteiger partial charge in [0, 0.05) is 25.0 Å². The number of aliphatic hydroxyl groups is 2. The van der Waals surface area contributed by atoms with Crippen LogP contribution in [0.3, 0.4) is 0 Å². The molecular weight excluding hydrogens is 268 g/mol. The number of aromatic nitrogens is 1. The summed E-state index contributed by atoms with van der Waals surface area (Å²) < 4.78 is 0. The highest BCUT2D eigenvalue weighted by Crippen LogP contribution is 2.23. The van der Waals surface area contributed by atoms with Gasteiger partial charge < -0.3 is 15.1 Å². The molecule has 1 fully saturated rings. The molecule has 5 heteroatoms. The van der Waals surface area contributed by atoms with Crippen molar-refractivity contribution in [1.29, 1.82) is 0 Å². The normalized spacial score (nSPS) is 21.3. The van der Waals surface area contributed by atoms with Crippen molar-refractivity contribution in [1.82, 2.24) is 9.88 Å². The van der Waals surface area contributed by atoms with Crippen LogP contribution >= 0.6 is 0 Å². The lowest BCUT2D eigenvalue weighted by atomic mass is 9.91. The standard InChI is InChI=1S/C16H20N2O3/c1-18(14-6-2-3-7-15(14)20)16(21)13-9-12(5-4-8-19)10-17-11-13/h9-11,14-15,19-20H,2-3,6-8H2,1H3. The summed E-state index contributed by atoms with van der Waals surface area (Å²) >= 11 is 0. The molecule has 0 spiro atoms. The van der Waals surface area contributed by atoms with Crippen molar-refractivity contribution < 1.29 is 15.0 Å². The summed E-state index contributed by atoms with van der Waals surface area (Å²) in [6, 6.07) is 1.52. The van der Waals surface area contributed by atoms with Gasteiger partial charge in [-0.3, -0.25) is 9.78 Å². The second-order valence-corrected chi connectivity index (χ2v) is 5.26. The lowest BCUT2D eigenvalue weighted by Crippen LogP contribution is -2.46. The zero-order chi connectivity index (χ0) is 15.2. The van der Waals surface area contributed by atoms with Gasteiger partial charge in [-0.2, -0.15) is 0 Å². The maximum Gasteiger partial charge on any atom is 0.255 e.